The van der Waals surface area contributed by atoms with Gasteiger partial charge in [0.2, 0.25) is 5.13 Å². The SMILES string of the molecule is COc1cccc(/C=N/c2nc(-c3cc4ccccc4oc3=O)cs2)c1O. The number of hydrogen-bond donors (Lipinski definition) is 1. The predicted molar refractivity (Wildman–Crippen MR) is 106 cm³/mol. The molecule has 0 unspecified atom stereocenters. The average molecular weight is 378 g/mol. The topological polar surface area (TPSA) is 84.9 Å². The third-order valence-electron chi connectivity index (χ3n) is 3.97. The number of para-hydroxylation sites is 2. The van der Waals surface area contributed by atoms with Crippen molar-refractivity contribution < 1.29 is 14.3 Å². The average Bonchev–Trinajstić information content (AvgIpc) is 3.15. The molecular formula is C20H14N2O4S. The minimum Gasteiger partial charge on any atom is -0.504 e. The van der Waals surface area contributed by atoms with Gasteiger partial charge in [-0.2, -0.15) is 0 Å². The maximum atomic E-state index is 12.3. The van der Waals surface area contributed by atoms with E-state index >= 15 is 0 Å². The van der Waals surface area contributed by atoms with Gasteiger partial charge in [0.05, 0.1) is 18.4 Å². The fourth-order valence-electron chi connectivity index (χ4n) is 2.62. The van der Waals surface area contributed by atoms with E-state index in [4.69, 9.17) is 9.15 Å². The molecule has 4 aromatic rings. The molecule has 0 spiro atoms. The van der Waals surface area contributed by atoms with Gasteiger partial charge in [0.25, 0.3) is 0 Å². The number of aromatic hydroxyl groups is 1. The van der Waals surface area contributed by atoms with Crippen LogP contribution in [-0.4, -0.2) is 23.4 Å². The Hall–Kier alpha value is -3.45. The number of ether oxygens (including phenoxy) is 1. The fraction of sp³-hybridized carbons (Fsp3) is 0.0500. The number of phenols is 1. The highest BCUT2D eigenvalue weighted by atomic mass is 32.1. The molecule has 1 N–H and O–H groups in total. The molecule has 0 saturated heterocycles. The van der Waals surface area contributed by atoms with Crippen molar-refractivity contribution in [3.05, 3.63) is 69.9 Å². The van der Waals surface area contributed by atoms with E-state index in [2.05, 4.69) is 9.98 Å². The zero-order chi connectivity index (χ0) is 18.8. The lowest BCUT2D eigenvalue weighted by atomic mass is 10.1. The minimum absolute atomic E-state index is 0.00991. The molecule has 0 saturated carbocycles. The van der Waals surface area contributed by atoms with E-state index < -0.39 is 5.63 Å². The Morgan fingerprint density at radius 1 is 1.22 bits per heavy atom. The highest BCUT2D eigenvalue weighted by molar-refractivity contribution is 7.13. The minimum atomic E-state index is -0.444. The van der Waals surface area contributed by atoms with Crippen LogP contribution >= 0.6 is 11.3 Å². The molecule has 7 heteroatoms. The number of hydrogen-bond acceptors (Lipinski definition) is 7. The summed E-state index contributed by atoms with van der Waals surface area (Å²) in [5.74, 6) is 0.378. The van der Waals surface area contributed by atoms with Crippen molar-refractivity contribution in [1.82, 2.24) is 4.98 Å². The summed E-state index contributed by atoms with van der Waals surface area (Å²) in [6, 6.07) is 14.2. The van der Waals surface area contributed by atoms with Crippen LogP contribution in [0.15, 0.2) is 68.1 Å². The van der Waals surface area contributed by atoms with Crippen LogP contribution in [0.4, 0.5) is 5.13 Å². The fourth-order valence-corrected chi connectivity index (χ4v) is 3.28. The molecule has 0 aliphatic heterocycles. The molecule has 2 heterocycles. The van der Waals surface area contributed by atoms with E-state index in [1.54, 1.807) is 35.7 Å². The molecule has 0 aliphatic rings. The Balaban J connectivity index is 1.66. The van der Waals surface area contributed by atoms with Crippen LogP contribution in [0.25, 0.3) is 22.2 Å². The number of phenolic OH excluding ortho intramolecular Hbond substituents is 1. The lowest BCUT2D eigenvalue weighted by Gasteiger charge is -2.04. The highest BCUT2D eigenvalue weighted by Gasteiger charge is 2.11. The summed E-state index contributed by atoms with van der Waals surface area (Å²) in [7, 11) is 1.48. The molecular weight excluding hydrogens is 364 g/mol. The first-order valence-electron chi connectivity index (χ1n) is 8.04. The summed E-state index contributed by atoms with van der Waals surface area (Å²) >= 11 is 1.29. The second kappa shape index (κ2) is 7.05. The molecule has 134 valence electrons. The molecule has 0 fully saturated rings. The van der Waals surface area contributed by atoms with Crippen molar-refractivity contribution in [3.63, 3.8) is 0 Å². The Labute approximate surface area is 158 Å². The molecule has 2 aromatic heterocycles. The summed E-state index contributed by atoms with van der Waals surface area (Å²) in [5.41, 5.74) is 1.49. The summed E-state index contributed by atoms with van der Waals surface area (Å²) < 4.78 is 10.4. The quantitative estimate of drug-likeness (QED) is 0.421. The van der Waals surface area contributed by atoms with Gasteiger partial charge in [-0.25, -0.2) is 14.8 Å². The van der Waals surface area contributed by atoms with Gasteiger partial charge in [0, 0.05) is 22.5 Å². The Bertz CT molecular complexity index is 1210. The molecule has 0 radical (unpaired) electrons. The van der Waals surface area contributed by atoms with E-state index in [1.165, 1.54) is 24.7 Å². The van der Waals surface area contributed by atoms with Crippen LogP contribution in [0, 0.1) is 0 Å². The zero-order valence-corrected chi connectivity index (χ0v) is 15.1. The maximum Gasteiger partial charge on any atom is 0.345 e. The first-order valence-corrected chi connectivity index (χ1v) is 8.92. The first-order chi connectivity index (χ1) is 13.2. The van der Waals surface area contributed by atoms with Crippen LogP contribution in [0.3, 0.4) is 0 Å². The Kier molecular flexibility index (Phi) is 4.43. The monoisotopic (exact) mass is 378 g/mol. The van der Waals surface area contributed by atoms with Gasteiger partial charge in [0.15, 0.2) is 11.5 Å². The van der Waals surface area contributed by atoms with Crippen LogP contribution < -0.4 is 10.4 Å². The van der Waals surface area contributed by atoms with Crippen molar-refractivity contribution >= 4 is 33.7 Å². The number of rotatable bonds is 4. The number of benzene rings is 2. The van der Waals surface area contributed by atoms with Gasteiger partial charge in [-0.3, -0.25) is 0 Å². The van der Waals surface area contributed by atoms with E-state index in [0.29, 0.717) is 33.3 Å². The summed E-state index contributed by atoms with van der Waals surface area (Å²) in [6.07, 6.45) is 1.50. The molecule has 4 rings (SSSR count). The lowest BCUT2D eigenvalue weighted by molar-refractivity contribution is 0.373. The van der Waals surface area contributed by atoms with Crippen molar-refractivity contribution in [2.75, 3.05) is 7.11 Å². The smallest absolute Gasteiger partial charge is 0.345 e. The van der Waals surface area contributed by atoms with Crippen LogP contribution in [0.1, 0.15) is 5.56 Å². The highest BCUT2D eigenvalue weighted by Crippen LogP contribution is 2.30. The molecule has 0 bridgehead atoms. The lowest BCUT2D eigenvalue weighted by Crippen LogP contribution is -2.02. The van der Waals surface area contributed by atoms with E-state index in [-0.39, 0.29) is 5.75 Å². The van der Waals surface area contributed by atoms with E-state index in [9.17, 15) is 9.90 Å². The summed E-state index contributed by atoms with van der Waals surface area (Å²) in [6.45, 7) is 0. The van der Waals surface area contributed by atoms with Crippen molar-refractivity contribution in [2.45, 2.75) is 0 Å². The van der Waals surface area contributed by atoms with Crippen LogP contribution in [0.2, 0.25) is 0 Å². The Morgan fingerprint density at radius 2 is 2.07 bits per heavy atom. The molecule has 0 aliphatic carbocycles. The van der Waals surface area contributed by atoms with Crippen molar-refractivity contribution in [3.8, 4) is 22.8 Å². The standard InChI is InChI=1S/C20H14N2O4S/c1-25-17-8-4-6-13(18(17)23)10-21-20-22-15(11-27-20)14-9-12-5-2-3-7-16(12)26-19(14)24/h2-11,23H,1H3/b21-10+. The second-order valence-corrected chi connectivity index (χ2v) is 6.49. The van der Waals surface area contributed by atoms with Gasteiger partial charge in [-0.05, 0) is 24.3 Å². The molecule has 6 nitrogen and oxygen atoms in total. The zero-order valence-electron chi connectivity index (χ0n) is 14.2. The third kappa shape index (κ3) is 3.32. The molecule has 27 heavy (non-hydrogen) atoms. The number of methoxy groups -OCH3 is 1. The Morgan fingerprint density at radius 3 is 2.93 bits per heavy atom. The normalized spacial score (nSPS) is 11.3. The van der Waals surface area contributed by atoms with Crippen LogP contribution in [-0.2, 0) is 0 Å². The van der Waals surface area contributed by atoms with Gasteiger partial charge in [0.1, 0.15) is 5.58 Å². The van der Waals surface area contributed by atoms with Gasteiger partial charge >= 0.3 is 5.63 Å². The second-order valence-electron chi connectivity index (χ2n) is 5.66. The molecule has 2 aromatic carbocycles. The summed E-state index contributed by atoms with van der Waals surface area (Å²) in [5, 5.41) is 13.1. The summed E-state index contributed by atoms with van der Waals surface area (Å²) in [4.78, 5) is 20.9. The number of aromatic nitrogens is 1. The van der Waals surface area contributed by atoms with Gasteiger partial charge in [-0.15, -0.1) is 11.3 Å². The molecule has 0 amide bonds. The largest absolute Gasteiger partial charge is 0.504 e. The van der Waals surface area contributed by atoms with Crippen molar-refractivity contribution in [2.24, 2.45) is 4.99 Å². The van der Waals surface area contributed by atoms with E-state index in [1.807, 2.05) is 18.2 Å². The number of aliphatic imine (C=N–C) groups is 1. The number of thiazole rings is 1. The van der Waals surface area contributed by atoms with Crippen LogP contribution in [0.5, 0.6) is 11.5 Å². The van der Waals surface area contributed by atoms with Gasteiger partial charge < -0.3 is 14.3 Å². The predicted octanol–water partition coefficient (Wildman–Crippen LogP) is 4.38. The first kappa shape index (κ1) is 17.0. The van der Waals surface area contributed by atoms with Gasteiger partial charge in [-0.1, -0.05) is 24.3 Å². The van der Waals surface area contributed by atoms with Crippen molar-refractivity contribution in [1.29, 1.82) is 0 Å². The number of fused-ring (bicyclic) bond motifs is 1. The third-order valence-corrected chi connectivity index (χ3v) is 4.72. The number of nitrogens with zero attached hydrogens (tertiary/aromatic N) is 2. The maximum absolute atomic E-state index is 12.3. The van der Waals surface area contributed by atoms with E-state index in [0.717, 1.165) is 5.39 Å². The molecule has 0 atom stereocenters.